The first kappa shape index (κ1) is 15.6. The third-order valence-electron chi connectivity index (χ3n) is 2.58. The van der Waals surface area contributed by atoms with E-state index in [1.165, 1.54) is 18.2 Å². The zero-order valence-electron chi connectivity index (χ0n) is 10.8. The van der Waals surface area contributed by atoms with Crippen LogP contribution in [0.2, 0.25) is 0 Å². The Morgan fingerprint density at radius 3 is 2.68 bits per heavy atom. The molecule has 1 N–H and O–H groups in total. The molecule has 0 fully saturated rings. The van der Waals surface area contributed by atoms with Crippen LogP contribution in [0.1, 0.15) is 31.7 Å². The minimum absolute atomic E-state index is 0.0984. The monoisotopic (exact) mass is 286 g/mol. The molecule has 19 heavy (non-hydrogen) atoms. The van der Waals surface area contributed by atoms with Gasteiger partial charge >= 0.3 is 0 Å². The third-order valence-corrected chi connectivity index (χ3v) is 3.94. The lowest BCUT2D eigenvalue weighted by Crippen LogP contribution is -2.26. The van der Waals surface area contributed by atoms with Crippen molar-refractivity contribution in [3.63, 3.8) is 0 Å². The third kappa shape index (κ3) is 5.80. The van der Waals surface area contributed by atoms with Gasteiger partial charge < -0.3 is 0 Å². The maximum Gasteiger partial charge on any atom is 0.269 e. The standard InChI is InChI=1S/C12H18N2O4S/c1-2-3-4-8-13-19(17,18)10-11-6-5-7-12(9-11)14(15)16/h5-7,9,13H,2-4,8,10H2,1H3. The molecule has 6 nitrogen and oxygen atoms in total. The number of rotatable bonds is 8. The number of nitro groups is 1. The van der Waals surface area contributed by atoms with E-state index in [-0.39, 0.29) is 11.4 Å². The Morgan fingerprint density at radius 1 is 1.32 bits per heavy atom. The van der Waals surface area contributed by atoms with Gasteiger partial charge in [0.15, 0.2) is 0 Å². The SMILES string of the molecule is CCCCCNS(=O)(=O)Cc1cccc([N+](=O)[O-])c1. The second-order valence-corrected chi connectivity index (χ2v) is 6.09. The fraction of sp³-hybridized carbons (Fsp3) is 0.500. The quantitative estimate of drug-likeness (QED) is 0.450. The predicted octanol–water partition coefficient (Wildman–Crippen LogP) is 2.20. The van der Waals surface area contributed by atoms with Crippen LogP contribution in [-0.4, -0.2) is 19.9 Å². The Balaban J connectivity index is 2.62. The van der Waals surface area contributed by atoms with Gasteiger partial charge in [-0.2, -0.15) is 0 Å². The second-order valence-electron chi connectivity index (χ2n) is 4.29. The minimum atomic E-state index is -3.43. The van der Waals surface area contributed by atoms with E-state index < -0.39 is 14.9 Å². The molecule has 0 aliphatic heterocycles. The van der Waals surface area contributed by atoms with Gasteiger partial charge in [-0.25, -0.2) is 13.1 Å². The van der Waals surface area contributed by atoms with Crippen molar-refractivity contribution in [3.8, 4) is 0 Å². The molecule has 0 amide bonds. The molecule has 0 saturated carbocycles. The molecule has 0 aromatic heterocycles. The van der Waals surface area contributed by atoms with Crippen molar-refractivity contribution in [3.05, 3.63) is 39.9 Å². The molecule has 0 heterocycles. The van der Waals surface area contributed by atoms with Crippen molar-refractivity contribution in [1.29, 1.82) is 0 Å². The molecule has 106 valence electrons. The summed E-state index contributed by atoms with van der Waals surface area (Å²) in [6.45, 7) is 2.45. The highest BCUT2D eigenvalue weighted by atomic mass is 32.2. The summed E-state index contributed by atoms with van der Waals surface area (Å²) < 4.78 is 26.0. The molecule has 0 aliphatic carbocycles. The van der Waals surface area contributed by atoms with Crippen molar-refractivity contribution in [2.45, 2.75) is 31.9 Å². The van der Waals surface area contributed by atoms with E-state index in [0.29, 0.717) is 12.1 Å². The van der Waals surface area contributed by atoms with Crippen LogP contribution < -0.4 is 4.72 Å². The molecular formula is C12H18N2O4S. The van der Waals surface area contributed by atoms with E-state index in [1.54, 1.807) is 6.07 Å². The summed E-state index contributed by atoms with van der Waals surface area (Å²) >= 11 is 0. The maximum absolute atomic E-state index is 11.8. The van der Waals surface area contributed by atoms with Gasteiger partial charge in [-0.05, 0) is 12.0 Å². The van der Waals surface area contributed by atoms with Gasteiger partial charge in [-0.1, -0.05) is 31.9 Å². The van der Waals surface area contributed by atoms with Crippen LogP contribution in [-0.2, 0) is 15.8 Å². The Labute approximate surface area is 113 Å². The summed E-state index contributed by atoms with van der Waals surface area (Å²) in [5.41, 5.74) is 0.316. The molecule has 0 bridgehead atoms. The van der Waals surface area contributed by atoms with Crippen LogP contribution in [0, 0.1) is 10.1 Å². The topological polar surface area (TPSA) is 89.3 Å². The number of nitro benzene ring substituents is 1. The van der Waals surface area contributed by atoms with Gasteiger partial charge in [-0.15, -0.1) is 0 Å². The molecule has 7 heteroatoms. The van der Waals surface area contributed by atoms with Crippen molar-refractivity contribution >= 4 is 15.7 Å². The van der Waals surface area contributed by atoms with Crippen molar-refractivity contribution in [2.75, 3.05) is 6.54 Å². The number of unbranched alkanes of at least 4 members (excludes halogenated alkanes) is 2. The number of nitrogens with one attached hydrogen (secondary N) is 1. The lowest BCUT2D eigenvalue weighted by atomic mass is 10.2. The van der Waals surface area contributed by atoms with Gasteiger partial charge in [0.2, 0.25) is 10.0 Å². The van der Waals surface area contributed by atoms with E-state index in [1.807, 2.05) is 6.92 Å². The number of hydrogen-bond donors (Lipinski definition) is 1. The molecule has 1 aromatic rings. The fourth-order valence-electron chi connectivity index (χ4n) is 1.63. The number of non-ortho nitro benzene ring substituents is 1. The number of nitrogens with zero attached hydrogens (tertiary/aromatic N) is 1. The summed E-state index contributed by atoms with van der Waals surface area (Å²) in [7, 11) is -3.43. The molecule has 1 aromatic carbocycles. The van der Waals surface area contributed by atoms with Crippen molar-refractivity contribution in [1.82, 2.24) is 4.72 Å². The Morgan fingerprint density at radius 2 is 2.05 bits per heavy atom. The van der Waals surface area contributed by atoms with Crippen molar-refractivity contribution in [2.24, 2.45) is 0 Å². The van der Waals surface area contributed by atoms with Gasteiger partial charge in [-0.3, -0.25) is 10.1 Å². The van der Waals surface area contributed by atoms with Crippen LogP contribution in [0.3, 0.4) is 0 Å². The molecular weight excluding hydrogens is 268 g/mol. The summed E-state index contributed by atoms with van der Waals surface area (Å²) in [6.07, 6.45) is 2.79. The number of benzene rings is 1. The van der Waals surface area contributed by atoms with Crippen LogP contribution in [0.25, 0.3) is 0 Å². The zero-order valence-corrected chi connectivity index (χ0v) is 11.6. The molecule has 0 atom stereocenters. The van der Waals surface area contributed by atoms with Gasteiger partial charge in [0, 0.05) is 18.7 Å². The zero-order chi connectivity index (χ0) is 14.3. The van der Waals surface area contributed by atoms with Gasteiger partial charge in [0.25, 0.3) is 5.69 Å². The van der Waals surface area contributed by atoms with Crippen LogP contribution >= 0.6 is 0 Å². The highest BCUT2D eigenvalue weighted by Crippen LogP contribution is 2.14. The molecule has 1 rings (SSSR count). The predicted molar refractivity (Wildman–Crippen MR) is 73.2 cm³/mol. The average Bonchev–Trinajstić information content (AvgIpc) is 2.34. The smallest absolute Gasteiger partial charge is 0.258 e. The highest BCUT2D eigenvalue weighted by Gasteiger charge is 2.13. The van der Waals surface area contributed by atoms with E-state index in [4.69, 9.17) is 0 Å². The van der Waals surface area contributed by atoms with Gasteiger partial charge in [0.1, 0.15) is 0 Å². The Bertz CT molecular complexity index is 528. The largest absolute Gasteiger partial charge is 0.269 e. The summed E-state index contributed by atoms with van der Waals surface area (Å²) in [5.74, 6) is -0.235. The lowest BCUT2D eigenvalue weighted by Gasteiger charge is -2.06. The normalized spacial score (nSPS) is 11.4. The fourth-order valence-corrected chi connectivity index (χ4v) is 2.81. The van der Waals surface area contributed by atoms with E-state index in [0.717, 1.165) is 19.3 Å². The Hall–Kier alpha value is -1.47. The van der Waals surface area contributed by atoms with E-state index in [2.05, 4.69) is 4.72 Å². The Kier molecular flexibility index (Phi) is 5.91. The molecule has 0 aliphatic rings. The molecule has 0 radical (unpaired) electrons. The van der Waals surface area contributed by atoms with Crippen LogP contribution in [0.5, 0.6) is 0 Å². The second kappa shape index (κ2) is 7.20. The lowest BCUT2D eigenvalue weighted by molar-refractivity contribution is -0.384. The molecule has 0 spiro atoms. The number of sulfonamides is 1. The van der Waals surface area contributed by atoms with Crippen LogP contribution in [0.4, 0.5) is 5.69 Å². The first-order chi connectivity index (χ1) is 8.94. The van der Waals surface area contributed by atoms with Gasteiger partial charge in [0.05, 0.1) is 10.7 Å². The van der Waals surface area contributed by atoms with E-state index >= 15 is 0 Å². The summed E-state index contributed by atoms with van der Waals surface area (Å²) in [6, 6.07) is 5.68. The highest BCUT2D eigenvalue weighted by molar-refractivity contribution is 7.88. The first-order valence-electron chi connectivity index (χ1n) is 6.15. The first-order valence-corrected chi connectivity index (χ1v) is 7.80. The minimum Gasteiger partial charge on any atom is -0.258 e. The summed E-state index contributed by atoms with van der Waals surface area (Å²) in [5, 5.41) is 10.6. The molecule has 0 unspecified atom stereocenters. The number of hydrogen-bond acceptors (Lipinski definition) is 4. The maximum atomic E-state index is 11.8. The van der Waals surface area contributed by atoms with E-state index in [9.17, 15) is 18.5 Å². The molecule has 0 saturated heterocycles. The summed E-state index contributed by atoms with van der Waals surface area (Å²) in [4.78, 5) is 10.1. The van der Waals surface area contributed by atoms with Crippen molar-refractivity contribution < 1.29 is 13.3 Å². The van der Waals surface area contributed by atoms with Crippen LogP contribution in [0.15, 0.2) is 24.3 Å². The average molecular weight is 286 g/mol.